The summed E-state index contributed by atoms with van der Waals surface area (Å²) in [6.45, 7) is 1.60. The van der Waals surface area contributed by atoms with Crippen molar-refractivity contribution in [3.8, 4) is 5.82 Å². The molecule has 0 radical (unpaired) electrons. The third-order valence-corrected chi connectivity index (χ3v) is 2.27. The van der Waals surface area contributed by atoms with Crippen molar-refractivity contribution in [3.05, 3.63) is 41.3 Å². The van der Waals surface area contributed by atoms with Crippen LogP contribution in [0.4, 0.5) is 0 Å². The van der Waals surface area contributed by atoms with Crippen LogP contribution in [0.3, 0.4) is 0 Å². The molecule has 0 unspecified atom stereocenters. The number of pyridine rings is 1. The predicted octanol–water partition coefficient (Wildman–Crippen LogP) is 1.09. The molecule has 0 fully saturated rings. The van der Waals surface area contributed by atoms with E-state index in [4.69, 9.17) is 5.11 Å². The first-order chi connectivity index (χ1) is 8.11. The molecule has 6 heteroatoms. The molecule has 0 spiro atoms. The van der Waals surface area contributed by atoms with Crippen molar-refractivity contribution in [2.45, 2.75) is 6.92 Å². The third kappa shape index (κ3) is 2.05. The molecule has 17 heavy (non-hydrogen) atoms. The van der Waals surface area contributed by atoms with Crippen molar-refractivity contribution in [2.24, 2.45) is 0 Å². The van der Waals surface area contributed by atoms with Crippen LogP contribution in [0.15, 0.2) is 24.5 Å². The number of carbonyl (C=O) groups excluding carboxylic acids is 1. The molecule has 2 aromatic heterocycles. The van der Waals surface area contributed by atoms with Crippen molar-refractivity contribution >= 4 is 12.3 Å². The summed E-state index contributed by atoms with van der Waals surface area (Å²) >= 11 is 0. The van der Waals surface area contributed by atoms with Gasteiger partial charge >= 0.3 is 5.97 Å². The van der Waals surface area contributed by atoms with Crippen molar-refractivity contribution in [3.63, 3.8) is 0 Å². The average molecular weight is 231 g/mol. The van der Waals surface area contributed by atoms with Gasteiger partial charge in [0.15, 0.2) is 5.82 Å². The molecular weight excluding hydrogens is 222 g/mol. The molecule has 2 aromatic rings. The molecule has 2 heterocycles. The smallest absolute Gasteiger partial charge is 0.339 e. The zero-order valence-corrected chi connectivity index (χ0v) is 8.99. The molecule has 0 amide bonds. The Morgan fingerprint density at radius 1 is 1.53 bits per heavy atom. The van der Waals surface area contributed by atoms with Crippen molar-refractivity contribution in [2.75, 3.05) is 0 Å². The molecule has 0 saturated heterocycles. The van der Waals surface area contributed by atoms with Gasteiger partial charge < -0.3 is 5.11 Å². The summed E-state index contributed by atoms with van der Waals surface area (Å²) in [6, 6.07) is 3.09. The largest absolute Gasteiger partial charge is 0.478 e. The Morgan fingerprint density at radius 3 is 2.88 bits per heavy atom. The predicted molar refractivity (Wildman–Crippen MR) is 58.4 cm³/mol. The van der Waals surface area contributed by atoms with E-state index in [-0.39, 0.29) is 5.56 Å². The summed E-state index contributed by atoms with van der Waals surface area (Å²) in [5.74, 6) is -0.634. The van der Waals surface area contributed by atoms with Gasteiger partial charge in [-0.15, -0.1) is 0 Å². The first-order valence-corrected chi connectivity index (χ1v) is 4.83. The SMILES string of the molecule is Cc1nn(-c2cc(C=O)ccn2)cc1C(=O)O. The fourth-order valence-electron chi connectivity index (χ4n) is 1.42. The lowest BCUT2D eigenvalue weighted by Gasteiger charge is -1.99. The van der Waals surface area contributed by atoms with Crippen LogP contribution in [0.5, 0.6) is 0 Å². The average Bonchev–Trinajstić information content (AvgIpc) is 2.71. The Labute approximate surface area is 96.5 Å². The van der Waals surface area contributed by atoms with E-state index < -0.39 is 5.97 Å². The van der Waals surface area contributed by atoms with Crippen LogP contribution >= 0.6 is 0 Å². The lowest BCUT2D eigenvalue weighted by atomic mass is 10.3. The van der Waals surface area contributed by atoms with Crippen molar-refractivity contribution < 1.29 is 14.7 Å². The Morgan fingerprint density at radius 2 is 2.29 bits per heavy atom. The van der Waals surface area contributed by atoms with E-state index in [0.29, 0.717) is 23.4 Å². The second-order valence-corrected chi connectivity index (χ2v) is 3.44. The number of hydrogen-bond acceptors (Lipinski definition) is 4. The second-order valence-electron chi connectivity index (χ2n) is 3.44. The van der Waals surface area contributed by atoms with E-state index in [1.54, 1.807) is 13.0 Å². The van der Waals surface area contributed by atoms with E-state index >= 15 is 0 Å². The molecule has 0 aliphatic carbocycles. The number of nitrogens with zero attached hydrogens (tertiary/aromatic N) is 3. The van der Waals surface area contributed by atoms with Crippen LogP contribution in [-0.2, 0) is 0 Å². The van der Waals surface area contributed by atoms with Gasteiger partial charge in [0, 0.05) is 18.0 Å². The highest BCUT2D eigenvalue weighted by atomic mass is 16.4. The molecule has 6 nitrogen and oxygen atoms in total. The minimum atomic E-state index is -1.04. The molecule has 0 bridgehead atoms. The fourth-order valence-corrected chi connectivity index (χ4v) is 1.42. The van der Waals surface area contributed by atoms with E-state index in [9.17, 15) is 9.59 Å². The summed E-state index contributed by atoms with van der Waals surface area (Å²) in [6.07, 6.45) is 3.53. The number of aromatic nitrogens is 3. The summed E-state index contributed by atoms with van der Waals surface area (Å²) in [4.78, 5) is 25.5. The van der Waals surface area contributed by atoms with Gasteiger partial charge in [-0.05, 0) is 19.1 Å². The summed E-state index contributed by atoms with van der Waals surface area (Å²) in [7, 11) is 0. The lowest BCUT2D eigenvalue weighted by molar-refractivity contribution is 0.0696. The molecule has 2 rings (SSSR count). The van der Waals surface area contributed by atoms with E-state index in [2.05, 4.69) is 10.1 Å². The number of carboxylic acids is 1. The minimum absolute atomic E-state index is 0.114. The highest BCUT2D eigenvalue weighted by Crippen LogP contribution is 2.10. The molecule has 0 saturated carbocycles. The van der Waals surface area contributed by atoms with Gasteiger partial charge in [-0.2, -0.15) is 5.10 Å². The summed E-state index contributed by atoms with van der Waals surface area (Å²) < 4.78 is 1.34. The van der Waals surface area contributed by atoms with Gasteiger partial charge in [0.05, 0.1) is 5.69 Å². The van der Waals surface area contributed by atoms with Crippen LogP contribution in [0, 0.1) is 6.92 Å². The molecule has 0 aliphatic heterocycles. The van der Waals surface area contributed by atoms with E-state index in [1.807, 2.05) is 0 Å². The number of aromatic carboxylic acids is 1. The maximum absolute atomic E-state index is 10.9. The van der Waals surface area contributed by atoms with Gasteiger partial charge in [0.2, 0.25) is 0 Å². The highest BCUT2D eigenvalue weighted by molar-refractivity contribution is 5.88. The number of aldehydes is 1. The summed E-state index contributed by atoms with van der Waals surface area (Å²) in [5, 5.41) is 12.9. The van der Waals surface area contributed by atoms with Crippen LogP contribution in [-0.4, -0.2) is 32.1 Å². The monoisotopic (exact) mass is 231 g/mol. The zero-order valence-electron chi connectivity index (χ0n) is 8.99. The molecule has 1 N–H and O–H groups in total. The quantitative estimate of drug-likeness (QED) is 0.799. The molecule has 0 aliphatic rings. The van der Waals surface area contributed by atoms with Crippen LogP contribution in [0.2, 0.25) is 0 Å². The third-order valence-electron chi connectivity index (χ3n) is 2.27. The van der Waals surface area contributed by atoms with Gasteiger partial charge in [0.25, 0.3) is 0 Å². The molecule has 86 valence electrons. The zero-order chi connectivity index (χ0) is 12.4. The Balaban J connectivity index is 2.49. The van der Waals surface area contributed by atoms with Gasteiger partial charge in [-0.25, -0.2) is 14.5 Å². The van der Waals surface area contributed by atoms with Crippen LogP contribution in [0.1, 0.15) is 26.4 Å². The number of aryl methyl sites for hydroxylation is 1. The fraction of sp³-hybridized carbons (Fsp3) is 0.0909. The first-order valence-electron chi connectivity index (χ1n) is 4.83. The van der Waals surface area contributed by atoms with Crippen LogP contribution < -0.4 is 0 Å². The molecular formula is C11H9N3O3. The summed E-state index contributed by atoms with van der Waals surface area (Å²) in [5.41, 5.74) is 0.971. The van der Waals surface area contributed by atoms with Crippen molar-refractivity contribution in [1.29, 1.82) is 0 Å². The standard InChI is InChI=1S/C11H9N3O3/c1-7-9(11(16)17)5-14(13-7)10-4-8(6-15)2-3-12-10/h2-6H,1H3,(H,16,17). The number of carboxylic acid groups (broad SMARTS) is 1. The molecule has 0 atom stereocenters. The van der Waals surface area contributed by atoms with Crippen molar-refractivity contribution in [1.82, 2.24) is 14.8 Å². The number of carbonyl (C=O) groups is 2. The van der Waals surface area contributed by atoms with E-state index in [0.717, 1.165) is 0 Å². The lowest BCUT2D eigenvalue weighted by Crippen LogP contribution is -1.99. The Kier molecular flexibility index (Phi) is 2.70. The first kappa shape index (κ1) is 11.0. The van der Waals surface area contributed by atoms with Gasteiger partial charge in [0.1, 0.15) is 11.8 Å². The maximum Gasteiger partial charge on any atom is 0.339 e. The number of rotatable bonds is 3. The van der Waals surface area contributed by atoms with Gasteiger partial charge in [-0.3, -0.25) is 4.79 Å². The van der Waals surface area contributed by atoms with Gasteiger partial charge in [-0.1, -0.05) is 0 Å². The maximum atomic E-state index is 10.9. The molecule has 0 aromatic carbocycles. The van der Waals surface area contributed by atoms with E-state index in [1.165, 1.54) is 23.1 Å². The van der Waals surface area contributed by atoms with Crippen LogP contribution in [0.25, 0.3) is 5.82 Å². The number of hydrogen-bond donors (Lipinski definition) is 1. The topological polar surface area (TPSA) is 85.1 Å². The normalized spacial score (nSPS) is 10.2. The second kappa shape index (κ2) is 4.17. The highest BCUT2D eigenvalue weighted by Gasteiger charge is 2.13. The minimum Gasteiger partial charge on any atom is -0.478 e. The Bertz CT molecular complexity index is 589. The Hall–Kier alpha value is -2.50.